The Morgan fingerprint density at radius 2 is 2.06 bits per heavy atom. The highest BCUT2D eigenvalue weighted by atomic mass is 16.3. The van der Waals surface area contributed by atoms with E-state index in [1.54, 1.807) is 0 Å². The van der Waals surface area contributed by atoms with Gasteiger partial charge in [0.15, 0.2) is 0 Å². The van der Waals surface area contributed by atoms with E-state index < -0.39 is 6.10 Å². The van der Waals surface area contributed by atoms with Crippen LogP contribution in [-0.2, 0) is 6.42 Å². The summed E-state index contributed by atoms with van der Waals surface area (Å²) < 4.78 is 0. The fourth-order valence-electron chi connectivity index (χ4n) is 2.20. The molecule has 0 aliphatic carbocycles. The molecule has 2 unspecified atom stereocenters. The van der Waals surface area contributed by atoms with Gasteiger partial charge in [0.1, 0.15) is 6.10 Å². The molecule has 1 aromatic carbocycles. The lowest BCUT2D eigenvalue weighted by atomic mass is 10.0. The Morgan fingerprint density at radius 3 is 2.62 bits per heavy atom. The molecule has 3 N–H and O–H groups in total. The molecule has 0 bridgehead atoms. The molecule has 3 heteroatoms. The third kappa shape index (κ3) is 2.82. The molecule has 1 aliphatic heterocycles. The fraction of sp³-hybridized carbons (Fsp3) is 0.538. The minimum atomic E-state index is -0.751. The zero-order valence-electron chi connectivity index (χ0n) is 9.39. The summed E-state index contributed by atoms with van der Waals surface area (Å²) in [4.78, 5) is 0. The average Bonchev–Trinajstić information content (AvgIpc) is 2.82. The first kappa shape index (κ1) is 11.6. The van der Waals surface area contributed by atoms with E-state index >= 15 is 0 Å². The van der Waals surface area contributed by atoms with Gasteiger partial charge in [-0.15, -0.1) is 0 Å². The highest BCUT2D eigenvalue weighted by Gasteiger charge is 2.14. The highest BCUT2D eigenvalue weighted by Crippen LogP contribution is 2.16. The molecule has 0 radical (unpaired) electrons. The molecule has 1 fully saturated rings. The zero-order valence-corrected chi connectivity index (χ0v) is 9.39. The summed E-state index contributed by atoms with van der Waals surface area (Å²) in [6, 6.07) is 8.47. The number of benzene rings is 1. The molecule has 88 valence electrons. The van der Waals surface area contributed by atoms with Crippen LogP contribution in [0.4, 0.5) is 0 Å². The van der Waals surface area contributed by atoms with Crippen molar-refractivity contribution in [2.24, 2.45) is 0 Å². The van der Waals surface area contributed by atoms with E-state index in [2.05, 4.69) is 5.32 Å². The average molecular weight is 221 g/mol. The summed E-state index contributed by atoms with van der Waals surface area (Å²) in [6.07, 6.45) is 2.82. The molecule has 1 aliphatic rings. The molecule has 0 amide bonds. The van der Waals surface area contributed by atoms with Crippen LogP contribution in [0.3, 0.4) is 0 Å². The maximum atomic E-state index is 9.44. The van der Waals surface area contributed by atoms with Crippen molar-refractivity contribution in [1.29, 1.82) is 0 Å². The Morgan fingerprint density at radius 1 is 1.31 bits per heavy atom. The molecule has 1 aromatic rings. The van der Waals surface area contributed by atoms with Crippen LogP contribution in [-0.4, -0.2) is 29.4 Å². The van der Waals surface area contributed by atoms with Gasteiger partial charge in [-0.25, -0.2) is 0 Å². The van der Waals surface area contributed by atoms with E-state index in [-0.39, 0.29) is 6.61 Å². The second-order valence-corrected chi connectivity index (χ2v) is 4.44. The number of rotatable bonds is 4. The van der Waals surface area contributed by atoms with Crippen molar-refractivity contribution in [2.45, 2.75) is 31.4 Å². The van der Waals surface area contributed by atoms with Gasteiger partial charge in [0, 0.05) is 6.04 Å². The van der Waals surface area contributed by atoms with Gasteiger partial charge in [-0.1, -0.05) is 24.3 Å². The standard InChI is InChI=1S/C13H19NO2/c15-9-13(16)11-5-3-10(4-6-11)8-12-2-1-7-14-12/h3-6,12-16H,1-2,7-9H2. The molecule has 1 heterocycles. The molecule has 3 nitrogen and oxygen atoms in total. The summed E-state index contributed by atoms with van der Waals surface area (Å²) in [5.74, 6) is 0. The lowest BCUT2D eigenvalue weighted by Gasteiger charge is -2.12. The summed E-state index contributed by atoms with van der Waals surface area (Å²) in [7, 11) is 0. The van der Waals surface area contributed by atoms with Gasteiger partial charge < -0.3 is 15.5 Å². The summed E-state index contributed by atoms with van der Waals surface area (Å²) in [5.41, 5.74) is 2.07. The monoisotopic (exact) mass is 221 g/mol. The van der Waals surface area contributed by atoms with Crippen LogP contribution in [0.25, 0.3) is 0 Å². The van der Waals surface area contributed by atoms with Gasteiger partial charge in [0.2, 0.25) is 0 Å². The van der Waals surface area contributed by atoms with Crippen LogP contribution >= 0.6 is 0 Å². The first-order valence-electron chi connectivity index (χ1n) is 5.90. The molecule has 0 spiro atoms. The van der Waals surface area contributed by atoms with Gasteiger partial charge in [-0.3, -0.25) is 0 Å². The van der Waals surface area contributed by atoms with Gasteiger partial charge in [0.25, 0.3) is 0 Å². The number of aliphatic hydroxyl groups excluding tert-OH is 2. The van der Waals surface area contributed by atoms with Gasteiger partial charge in [0.05, 0.1) is 6.61 Å². The molecular formula is C13H19NO2. The summed E-state index contributed by atoms with van der Waals surface area (Å²) in [6.45, 7) is 0.912. The van der Waals surface area contributed by atoms with Gasteiger partial charge in [-0.2, -0.15) is 0 Å². The highest BCUT2D eigenvalue weighted by molar-refractivity contribution is 5.25. The minimum Gasteiger partial charge on any atom is -0.393 e. The lowest BCUT2D eigenvalue weighted by Crippen LogP contribution is -2.23. The van der Waals surface area contributed by atoms with Crippen molar-refractivity contribution in [2.75, 3.05) is 13.2 Å². The van der Waals surface area contributed by atoms with Gasteiger partial charge >= 0.3 is 0 Å². The van der Waals surface area contributed by atoms with Gasteiger partial charge in [-0.05, 0) is 36.9 Å². The first-order chi connectivity index (χ1) is 7.79. The second-order valence-electron chi connectivity index (χ2n) is 4.44. The van der Waals surface area contributed by atoms with Crippen molar-refractivity contribution in [3.8, 4) is 0 Å². The Kier molecular flexibility index (Phi) is 3.93. The predicted octanol–water partition coefficient (Wildman–Crippen LogP) is 1.01. The molecular weight excluding hydrogens is 202 g/mol. The first-order valence-corrected chi connectivity index (χ1v) is 5.90. The van der Waals surface area contributed by atoms with Crippen LogP contribution in [0.15, 0.2) is 24.3 Å². The van der Waals surface area contributed by atoms with Crippen LogP contribution in [0.5, 0.6) is 0 Å². The van der Waals surface area contributed by atoms with Crippen LogP contribution < -0.4 is 5.32 Å². The Labute approximate surface area is 96.1 Å². The van der Waals surface area contributed by atoms with Crippen molar-refractivity contribution >= 4 is 0 Å². The molecule has 16 heavy (non-hydrogen) atoms. The summed E-state index contributed by atoms with van der Waals surface area (Å²) in [5, 5.41) is 21.7. The van der Waals surface area contributed by atoms with Crippen LogP contribution in [0.1, 0.15) is 30.1 Å². The number of hydrogen-bond donors (Lipinski definition) is 3. The predicted molar refractivity (Wildman–Crippen MR) is 63.2 cm³/mol. The van der Waals surface area contributed by atoms with Crippen molar-refractivity contribution in [3.05, 3.63) is 35.4 Å². The van der Waals surface area contributed by atoms with Crippen LogP contribution in [0, 0.1) is 0 Å². The molecule has 2 atom stereocenters. The Bertz CT molecular complexity index is 317. The third-order valence-corrected chi connectivity index (χ3v) is 3.18. The number of hydrogen-bond acceptors (Lipinski definition) is 3. The maximum Gasteiger partial charge on any atom is 0.102 e. The largest absolute Gasteiger partial charge is 0.393 e. The molecule has 0 aromatic heterocycles. The van der Waals surface area contributed by atoms with E-state index in [1.807, 2.05) is 24.3 Å². The molecule has 1 saturated heterocycles. The smallest absolute Gasteiger partial charge is 0.102 e. The Balaban J connectivity index is 1.96. The zero-order chi connectivity index (χ0) is 11.4. The number of nitrogens with one attached hydrogen (secondary N) is 1. The van der Waals surface area contributed by atoms with Crippen molar-refractivity contribution in [1.82, 2.24) is 5.32 Å². The second kappa shape index (κ2) is 5.43. The molecule has 0 saturated carbocycles. The topological polar surface area (TPSA) is 52.5 Å². The Hall–Kier alpha value is -0.900. The minimum absolute atomic E-state index is 0.219. The van der Waals surface area contributed by atoms with E-state index in [0.29, 0.717) is 6.04 Å². The van der Waals surface area contributed by atoms with E-state index in [0.717, 1.165) is 18.5 Å². The quantitative estimate of drug-likeness (QED) is 0.711. The maximum absolute atomic E-state index is 9.44. The van der Waals surface area contributed by atoms with Crippen molar-refractivity contribution in [3.63, 3.8) is 0 Å². The lowest BCUT2D eigenvalue weighted by molar-refractivity contribution is 0.0956. The third-order valence-electron chi connectivity index (χ3n) is 3.18. The normalized spacial score (nSPS) is 22.2. The van der Waals surface area contributed by atoms with E-state index in [9.17, 15) is 5.11 Å². The van der Waals surface area contributed by atoms with E-state index in [1.165, 1.54) is 18.4 Å². The molecule has 2 rings (SSSR count). The SMILES string of the molecule is OCC(O)c1ccc(CC2CCCN2)cc1. The van der Waals surface area contributed by atoms with E-state index in [4.69, 9.17) is 5.11 Å². The number of aliphatic hydroxyl groups is 2. The van der Waals surface area contributed by atoms with Crippen molar-refractivity contribution < 1.29 is 10.2 Å². The summed E-state index contributed by atoms with van der Waals surface area (Å²) >= 11 is 0. The van der Waals surface area contributed by atoms with Crippen LogP contribution in [0.2, 0.25) is 0 Å². The fourth-order valence-corrected chi connectivity index (χ4v) is 2.20.